The number of nitrogens with one attached hydrogen (secondary N) is 1. The highest BCUT2D eigenvalue weighted by Gasteiger charge is 2.39. The van der Waals surface area contributed by atoms with Crippen LogP contribution in [0, 0.1) is 13.8 Å². The zero-order valence-electron chi connectivity index (χ0n) is 17.3. The first-order valence-corrected chi connectivity index (χ1v) is 9.83. The van der Waals surface area contributed by atoms with Gasteiger partial charge >= 0.3 is 0 Å². The quantitative estimate of drug-likeness (QED) is 0.560. The molecule has 2 amide bonds. The number of anilines is 1. The average molecular weight is 408 g/mol. The number of hydrogen-bond donors (Lipinski definition) is 1. The molecule has 0 radical (unpaired) electrons. The second-order valence-corrected chi connectivity index (χ2v) is 7.35. The molecule has 0 fully saturated rings. The van der Waals surface area contributed by atoms with Crippen LogP contribution in [-0.2, 0) is 14.3 Å². The van der Waals surface area contributed by atoms with Gasteiger partial charge in [-0.3, -0.25) is 14.5 Å². The van der Waals surface area contributed by atoms with Crippen LogP contribution in [0.15, 0.2) is 42.1 Å². The zero-order chi connectivity index (χ0) is 21.3. The van der Waals surface area contributed by atoms with Gasteiger partial charge in [-0.1, -0.05) is 18.2 Å². The number of nitrogens with zero attached hydrogens (tertiary/aromatic N) is 1. The van der Waals surface area contributed by atoms with E-state index < -0.39 is 0 Å². The van der Waals surface area contributed by atoms with Crippen LogP contribution in [0.1, 0.15) is 23.1 Å². The van der Waals surface area contributed by atoms with Crippen molar-refractivity contribution in [3.63, 3.8) is 0 Å². The van der Waals surface area contributed by atoms with Gasteiger partial charge < -0.3 is 19.5 Å². The maximum absolute atomic E-state index is 13.2. The summed E-state index contributed by atoms with van der Waals surface area (Å²) in [6.45, 7) is 4.94. The van der Waals surface area contributed by atoms with Gasteiger partial charge in [0.1, 0.15) is 5.70 Å². The smallest absolute Gasteiger partial charge is 0.278 e. The lowest BCUT2D eigenvalue weighted by atomic mass is 9.99. The Balaban J connectivity index is 1.72. The molecule has 7 heteroatoms. The third-order valence-electron chi connectivity index (χ3n) is 5.34. The van der Waals surface area contributed by atoms with E-state index in [-0.39, 0.29) is 24.3 Å². The molecule has 0 aromatic heterocycles. The summed E-state index contributed by atoms with van der Waals surface area (Å²) in [6.07, 6.45) is 0.575. The molecular formula is C23H24N2O5. The monoisotopic (exact) mass is 408 g/mol. The number of aryl methyl sites for hydroxylation is 2. The minimum absolute atomic E-state index is 0.167. The predicted octanol–water partition coefficient (Wildman–Crippen LogP) is 3.26. The predicted molar refractivity (Wildman–Crippen MR) is 112 cm³/mol. The average Bonchev–Trinajstić information content (AvgIpc) is 3.28. The fourth-order valence-corrected chi connectivity index (χ4v) is 3.55. The van der Waals surface area contributed by atoms with Crippen molar-refractivity contribution < 1.29 is 23.8 Å². The normalized spacial score (nSPS) is 15.4. The minimum atomic E-state index is -0.345. The van der Waals surface area contributed by atoms with Crippen molar-refractivity contribution in [2.75, 3.05) is 32.4 Å². The fourth-order valence-electron chi connectivity index (χ4n) is 3.55. The van der Waals surface area contributed by atoms with Crippen LogP contribution in [0.5, 0.6) is 11.5 Å². The number of benzene rings is 2. The summed E-state index contributed by atoms with van der Waals surface area (Å²) in [5, 5.41) is 3.15. The number of carbonyl (C=O) groups excluding carboxylic acids is 2. The van der Waals surface area contributed by atoms with Crippen LogP contribution in [0.4, 0.5) is 5.69 Å². The number of amides is 2. The Hall–Kier alpha value is -3.32. The van der Waals surface area contributed by atoms with Gasteiger partial charge in [0.05, 0.1) is 5.57 Å². The van der Waals surface area contributed by atoms with Gasteiger partial charge in [0.25, 0.3) is 11.8 Å². The van der Waals surface area contributed by atoms with Crippen molar-refractivity contribution in [3.8, 4) is 11.5 Å². The number of ether oxygens (including phenoxy) is 3. The van der Waals surface area contributed by atoms with E-state index in [4.69, 9.17) is 14.2 Å². The second kappa shape index (κ2) is 8.20. The Morgan fingerprint density at radius 3 is 2.57 bits per heavy atom. The third kappa shape index (κ3) is 3.64. The Morgan fingerprint density at radius 1 is 1.00 bits per heavy atom. The lowest BCUT2D eigenvalue weighted by Crippen LogP contribution is -2.33. The molecule has 156 valence electrons. The van der Waals surface area contributed by atoms with E-state index in [1.54, 1.807) is 25.3 Å². The summed E-state index contributed by atoms with van der Waals surface area (Å²) >= 11 is 0. The topological polar surface area (TPSA) is 77.1 Å². The molecule has 7 nitrogen and oxygen atoms in total. The summed E-state index contributed by atoms with van der Waals surface area (Å²) < 4.78 is 15.8. The van der Waals surface area contributed by atoms with Crippen LogP contribution in [0.25, 0.3) is 5.57 Å². The number of methoxy groups -OCH3 is 1. The molecule has 0 aliphatic carbocycles. The van der Waals surface area contributed by atoms with Crippen molar-refractivity contribution in [1.82, 2.24) is 4.90 Å². The highest BCUT2D eigenvalue weighted by atomic mass is 16.7. The molecule has 4 rings (SSSR count). The molecular weight excluding hydrogens is 384 g/mol. The third-order valence-corrected chi connectivity index (χ3v) is 5.34. The first-order chi connectivity index (χ1) is 14.5. The largest absolute Gasteiger partial charge is 0.454 e. The van der Waals surface area contributed by atoms with E-state index in [1.165, 1.54) is 4.90 Å². The second-order valence-electron chi connectivity index (χ2n) is 7.35. The first-order valence-electron chi connectivity index (χ1n) is 9.83. The van der Waals surface area contributed by atoms with E-state index in [0.717, 1.165) is 11.1 Å². The van der Waals surface area contributed by atoms with Crippen molar-refractivity contribution in [2.24, 2.45) is 0 Å². The van der Waals surface area contributed by atoms with Crippen LogP contribution >= 0.6 is 0 Å². The highest BCUT2D eigenvalue weighted by Crippen LogP contribution is 2.36. The maximum atomic E-state index is 13.2. The molecule has 30 heavy (non-hydrogen) atoms. The van der Waals surface area contributed by atoms with Gasteiger partial charge in [-0.25, -0.2) is 0 Å². The van der Waals surface area contributed by atoms with E-state index in [0.29, 0.717) is 47.9 Å². The van der Waals surface area contributed by atoms with E-state index in [1.807, 2.05) is 32.0 Å². The summed E-state index contributed by atoms with van der Waals surface area (Å²) in [6, 6.07) is 11.1. The Bertz CT molecular complexity index is 1040. The first kappa shape index (κ1) is 20.0. The molecule has 0 saturated heterocycles. The SMILES string of the molecule is COCCCN1C(=O)C(Nc2ccc3c(c2)OCO3)=C(c2ccc(C)c(C)c2)C1=O. The lowest BCUT2D eigenvalue weighted by Gasteiger charge is -2.15. The molecule has 1 N–H and O–H groups in total. The van der Waals surface area contributed by atoms with Crippen LogP contribution in [0.2, 0.25) is 0 Å². The fraction of sp³-hybridized carbons (Fsp3) is 0.304. The van der Waals surface area contributed by atoms with E-state index in [9.17, 15) is 9.59 Å². The van der Waals surface area contributed by atoms with Gasteiger partial charge in [-0.05, 0) is 49.1 Å². The molecule has 0 spiro atoms. The molecule has 0 atom stereocenters. The highest BCUT2D eigenvalue weighted by molar-refractivity contribution is 6.36. The molecule has 0 unspecified atom stereocenters. The van der Waals surface area contributed by atoms with Crippen LogP contribution in [-0.4, -0.2) is 43.8 Å². The Labute approximate surface area is 175 Å². The number of hydrogen-bond acceptors (Lipinski definition) is 6. The molecule has 0 saturated carbocycles. The maximum Gasteiger partial charge on any atom is 0.278 e. The van der Waals surface area contributed by atoms with Crippen molar-refractivity contribution in [2.45, 2.75) is 20.3 Å². The van der Waals surface area contributed by atoms with E-state index in [2.05, 4.69) is 5.32 Å². The minimum Gasteiger partial charge on any atom is -0.454 e. The zero-order valence-corrected chi connectivity index (χ0v) is 17.3. The summed E-state index contributed by atoms with van der Waals surface area (Å²) in [7, 11) is 1.60. The molecule has 2 aromatic rings. The molecule has 2 heterocycles. The molecule has 2 aliphatic heterocycles. The van der Waals surface area contributed by atoms with Crippen molar-refractivity contribution >= 4 is 23.1 Å². The van der Waals surface area contributed by atoms with Crippen LogP contribution < -0.4 is 14.8 Å². The standard InChI is InChI=1S/C23H24N2O5/c1-14-5-6-16(11-15(14)2)20-21(23(27)25(22(20)26)9-4-10-28-3)24-17-7-8-18-19(12-17)30-13-29-18/h5-8,11-12,24H,4,9-10,13H2,1-3H3. The van der Waals surface area contributed by atoms with Gasteiger partial charge in [0.2, 0.25) is 6.79 Å². The van der Waals surface area contributed by atoms with Crippen molar-refractivity contribution in [1.29, 1.82) is 0 Å². The number of imide groups is 1. The van der Waals surface area contributed by atoms with Gasteiger partial charge in [0.15, 0.2) is 11.5 Å². The number of rotatable bonds is 7. The Kier molecular flexibility index (Phi) is 5.46. The molecule has 0 bridgehead atoms. The van der Waals surface area contributed by atoms with Gasteiger partial charge in [-0.2, -0.15) is 0 Å². The Morgan fingerprint density at radius 2 is 1.80 bits per heavy atom. The van der Waals surface area contributed by atoms with E-state index >= 15 is 0 Å². The summed E-state index contributed by atoms with van der Waals surface area (Å²) in [5.74, 6) is 0.602. The molecule has 2 aromatic carbocycles. The van der Waals surface area contributed by atoms with Crippen molar-refractivity contribution in [3.05, 3.63) is 58.8 Å². The molecule has 2 aliphatic rings. The summed E-state index contributed by atoms with van der Waals surface area (Å²) in [5.41, 5.74) is 4.18. The summed E-state index contributed by atoms with van der Waals surface area (Å²) in [4.78, 5) is 27.7. The number of carbonyl (C=O) groups is 2. The van der Waals surface area contributed by atoms with Crippen LogP contribution in [0.3, 0.4) is 0 Å². The van der Waals surface area contributed by atoms with Gasteiger partial charge in [0, 0.05) is 32.0 Å². The lowest BCUT2D eigenvalue weighted by molar-refractivity contribution is -0.136. The van der Waals surface area contributed by atoms with Gasteiger partial charge in [-0.15, -0.1) is 0 Å². The number of fused-ring (bicyclic) bond motifs is 1.